The third-order valence-electron chi connectivity index (χ3n) is 4.83. The van der Waals surface area contributed by atoms with E-state index in [0.29, 0.717) is 30.7 Å². The van der Waals surface area contributed by atoms with E-state index in [2.05, 4.69) is 10.3 Å². The van der Waals surface area contributed by atoms with Gasteiger partial charge in [0.25, 0.3) is 5.56 Å². The van der Waals surface area contributed by atoms with Crippen molar-refractivity contribution in [3.63, 3.8) is 0 Å². The molecule has 8 nitrogen and oxygen atoms in total. The fourth-order valence-electron chi connectivity index (χ4n) is 3.51. The van der Waals surface area contributed by atoms with E-state index in [9.17, 15) is 18.0 Å². The van der Waals surface area contributed by atoms with Gasteiger partial charge < -0.3 is 9.94 Å². The zero-order valence-electron chi connectivity index (χ0n) is 15.4. The van der Waals surface area contributed by atoms with Crippen molar-refractivity contribution in [1.29, 1.82) is 0 Å². The van der Waals surface area contributed by atoms with E-state index >= 15 is 0 Å². The van der Waals surface area contributed by atoms with E-state index in [0.717, 1.165) is 12.0 Å². The highest BCUT2D eigenvalue weighted by Crippen LogP contribution is 2.35. The standard InChI is InChI=1S/C18H21N3O5S/c1-4-5-11-12(17(22)13-9-19-21(3)18(13)23)8-15(27(24)25)10(2)16(11)14-6-7-26-20-14/h8-10,19H,4-7H2,1-3H3. The lowest BCUT2D eigenvalue weighted by Gasteiger charge is -2.26. The van der Waals surface area contributed by atoms with Crippen molar-refractivity contribution in [2.45, 2.75) is 33.1 Å². The molecule has 144 valence electrons. The predicted molar refractivity (Wildman–Crippen MR) is 101 cm³/mol. The van der Waals surface area contributed by atoms with E-state index < -0.39 is 27.6 Å². The van der Waals surface area contributed by atoms with Crippen LogP contribution in [-0.4, -0.2) is 41.2 Å². The molecule has 1 N–H and O–H groups in total. The molecule has 0 saturated heterocycles. The zero-order valence-corrected chi connectivity index (χ0v) is 16.2. The monoisotopic (exact) mass is 391 g/mol. The van der Waals surface area contributed by atoms with Crippen LogP contribution in [0.15, 0.2) is 38.9 Å². The average molecular weight is 391 g/mol. The second-order valence-corrected chi connectivity index (χ2v) is 7.50. The highest BCUT2D eigenvalue weighted by Gasteiger charge is 2.34. The maximum atomic E-state index is 13.1. The maximum absolute atomic E-state index is 13.1. The van der Waals surface area contributed by atoms with Gasteiger partial charge in [-0.1, -0.05) is 25.4 Å². The summed E-state index contributed by atoms with van der Waals surface area (Å²) in [7, 11) is -0.985. The van der Waals surface area contributed by atoms with Crippen molar-refractivity contribution >= 4 is 26.7 Å². The number of nitrogens with zero attached hydrogens (tertiary/aromatic N) is 2. The third kappa shape index (κ3) is 3.34. The van der Waals surface area contributed by atoms with Gasteiger partial charge >= 0.3 is 0 Å². The SMILES string of the molecule is CCCC1=C(C2=NOCC2)C(C)C(=S(=O)=O)C=C1C(=O)c1c[nH]n(C)c1=O. The highest BCUT2D eigenvalue weighted by atomic mass is 32.2. The number of hydrogen-bond donors (Lipinski definition) is 1. The second-order valence-electron chi connectivity index (χ2n) is 6.56. The fraction of sp³-hybridized carbons (Fsp3) is 0.444. The number of aromatic amines is 1. The molecular formula is C18H21N3O5S. The minimum Gasteiger partial charge on any atom is -0.395 e. The number of aryl methyl sites for hydroxylation is 1. The van der Waals surface area contributed by atoms with Gasteiger partial charge in [0, 0.05) is 31.2 Å². The number of carbonyl (C=O) groups is 1. The smallest absolute Gasteiger partial charge is 0.277 e. The first-order valence-electron chi connectivity index (χ1n) is 8.76. The summed E-state index contributed by atoms with van der Waals surface area (Å²) < 4.78 is 24.8. The molecule has 1 aromatic heterocycles. The molecule has 9 heteroatoms. The minimum absolute atomic E-state index is 0.0214. The molecule has 0 fully saturated rings. The maximum Gasteiger partial charge on any atom is 0.277 e. The minimum atomic E-state index is -2.50. The Kier molecular flexibility index (Phi) is 5.31. The van der Waals surface area contributed by atoms with Gasteiger partial charge in [0.15, 0.2) is 0 Å². The molecule has 0 spiro atoms. The molecule has 2 aliphatic rings. The van der Waals surface area contributed by atoms with Gasteiger partial charge in [-0.15, -0.1) is 0 Å². The number of Topliss-reactive ketones (excluding diaryl/α,β-unsaturated/α-hetero) is 1. The molecule has 3 rings (SSSR count). The van der Waals surface area contributed by atoms with Gasteiger partial charge in [-0.05, 0) is 23.6 Å². The van der Waals surface area contributed by atoms with E-state index in [1.807, 2.05) is 6.92 Å². The van der Waals surface area contributed by atoms with Gasteiger partial charge in [-0.3, -0.25) is 14.3 Å². The number of carbonyl (C=O) groups excluding carboxylic acids is 1. The summed E-state index contributed by atoms with van der Waals surface area (Å²) in [6.45, 7) is 4.18. The molecular weight excluding hydrogens is 370 g/mol. The summed E-state index contributed by atoms with van der Waals surface area (Å²) in [5.74, 6) is -0.928. The summed E-state index contributed by atoms with van der Waals surface area (Å²) in [4.78, 5) is 30.6. The van der Waals surface area contributed by atoms with Crippen LogP contribution >= 0.6 is 0 Å². The molecule has 1 atom stereocenters. The van der Waals surface area contributed by atoms with Crippen molar-refractivity contribution in [3.8, 4) is 0 Å². The van der Waals surface area contributed by atoms with E-state index in [-0.39, 0.29) is 16.0 Å². The number of rotatable bonds is 5. The Hall–Kier alpha value is -2.68. The molecule has 0 bridgehead atoms. The van der Waals surface area contributed by atoms with Crippen molar-refractivity contribution in [2.24, 2.45) is 18.1 Å². The van der Waals surface area contributed by atoms with Gasteiger partial charge in [0.1, 0.15) is 12.2 Å². The summed E-state index contributed by atoms with van der Waals surface area (Å²) in [5, 5.41) is 6.74. The Morgan fingerprint density at radius 2 is 2.19 bits per heavy atom. The molecule has 1 unspecified atom stereocenters. The van der Waals surface area contributed by atoms with Gasteiger partial charge in [-0.25, -0.2) is 0 Å². The van der Waals surface area contributed by atoms with Crippen LogP contribution in [-0.2, 0) is 22.2 Å². The summed E-state index contributed by atoms with van der Waals surface area (Å²) in [6.07, 6.45) is 4.62. The number of hydrogen-bond acceptors (Lipinski definition) is 6. The Balaban J connectivity index is 2.26. The van der Waals surface area contributed by atoms with Crippen LogP contribution in [0.25, 0.3) is 0 Å². The molecule has 1 aliphatic heterocycles. The Bertz CT molecular complexity index is 1070. The number of ketones is 1. The van der Waals surface area contributed by atoms with Crippen molar-refractivity contribution in [1.82, 2.24) is 9.78 Å². The Morgan fingerprint density at radius 1 is 1.44 bits per heavy atom. The largest absolute Gasteiger partial charge is 0.395 e. The quantitative estimate of drug-likeness (QED) is 0.602. The van der Waals surface area contributed by atoms with Crippen LogP contribution in [0.1, 0.15) is 43.5 Å². The van der Waals surface area contributed by atoms with E-state index in [1.165, 1.54) is 24.0 Å². The molecule has 0 radical (unpaired) electrons. The molecule has 2 heterocycles. The van der Waals surface area contributed by atoms with E-state index in [1.54, 1.807) is 6.92 Å². The molecule has 27 heavy (non-hydrogen) atoms. The molecule has 0 amide bonds. The van der Waals surface area contributed by atoms with E-state index in [4.69, 9.17) is 4.84 Å². The lowest BCUT2D eigenvalue weighted by Crippen LogP contribution is -2.28. The second kappa shape index (κ2) is 7.51. The number of aromatic nitrogens is 2. The number of oxime groups is 1. The first-order valence-corrected chi connectivity index (χ1v) is 9.83. The first kappa shape index (κ1) is 19.1. The van der Waals surface area contributed by atoms with Crippen LogP contribution in [0.3, 0.4) is 0 Å². The van der Waals surface area contributed by atoms with Gasteiger partial charge in [0.05, 0.1) is 10.6 Å². The predicted octanol–water partition coefficient (Wildman–Crippen LogP) is 1.40. The normalized spacial score (nSPS) is 19.7. The van der Waals surface area contributed by atoms with Crippen LogP contribution in [0.4, 0.5) is 0 Å². The van der Waals surface area contributed by atoms with Gasteiger partial charge in [-0.2, -0.15) is 8.42 Å². The zero-order chi connectivity index (χ0) is 19.7. The van der Waals surface area contributed by atoms with Gasteiger partial charge in [0.2, 0.25) is 16.1 Å². The van der Waals surface area contributed by atoms with Crippen LogP contribution in [0.5, 0.6) is 0 Å². The Labute approximate surface area is 157 Å². The first-order chi connectivity index (χ1) is 12.9. The van der Waals surface area contributed by atoms with Crippen LogP contribution in [0.2, 0.25) is 0 Å². The fourth-order valence-corrected chi connectivity index (χ4v) is 4.13. The van der Waals surface area contributed by atoms with Crippen molar-refractivity contribution < 1.29 is 18.0 Å². The summed E-state index contributed by atoms with van der Waals surface area (Å²) in [5.41, 5.74) is 1.86. The summed E-state index contributed by atoms with van der Waals surface area (Å²) in [6, 6.07) is 0. The average Bonchev–Trinajstić information content (AvgIpc) is 3.26. The summed E-state index contributed by atoms with van der Waals surface area (Å²) >= 11 is 0. The highest BCUT2D eigenvalue weighted by molar-refractivity contribution is 7.73. The molecule has 0 saturated carbocycles. The lowest BCUT2D eigenvalue weighted by molar-refractivity contribution is 0.103. The lowest BCUT2D eigenvalue weighted by atomic mass is 9.77. The van der Waals surface area contributed by atoms with Crippen molar-refractivity contribution in [3.05, 3.63) is 44.9 Å². The third-order valence-corrected chi connectivity index (χ3v) is 5.69. The van der Waals surface area contributed by atoms with Crippen molar-refractivity contribution in [2.75, 3.05) is 6.61 Å². The number of H-pyrrole nitrogens is 1. The number of allylic oxidation sites excluding steroid dienone is 4. The molecule has 0 aromatic carbocycles. The van der Waals surface area contributed by atoms with Crippen LogP contribution < -0.4 is 5.56 Å². The van der Waals surface area contributed by atoms with Crippen LogP contribution in [0, 0.1) is 5.92 Å². The molecule has 1 aromatic rings. The topological polar surface area (TPSA) is 111 Å². The Morgan fingerprint density at radius 3 is 2.70 bits per heavy atom. The number of nitrogens with one attached hydrogen (secondary N) is 1. The molecule has 1 aliphatic carbocycles.